The van der Waals surface area contributed by atoms with Crippen molar-refractivity contribution in [3.05, 3.63) is 76.6 Å². The lowest BCUT2D eigenvalue weighted by molar-refractivity contribution is 0.174. The second-order valence-electron chi connectivity index (χ2n) is 6.55. The van der Waals surface area contributed by atoms with Gasteiger partial charge in [-0.25, -0.2) is 4.98 Å². The summed E-state index contributed by atoms with van der Waals surface area (Å²) in [4.78, 5) is 4.06. The fraction of sp³-hybridized carbons (Fsp3) is 0.227. The quantitative estimate of drug-likeness (QED) is 0.555. The van der Waals surface area contributed by atoms with Gasteiger partial charge in [0.05, 0.1) is 7.11 Å². The molecule has 0 fully saturated rings. The van der Waals surface area contributed by atoms with E-state index in [9.17, 15) is 0 Å². The Morgan fingerprint density at radius 1 is 0.931 bits per heavy atom. The topological polar surface area (TPSA) is 61.8 Å². The van der Waals surface area contributed by atoms with Gasteiger partial charge in [0, 0.05) is 24.8 Å². The predicted octanol–water partition coefficient (Wildman–Crippen LogP) is 4.34. The number of nitrogens with zero attached hydrogens (tertiary/aromatic N) is 1. The number of methoxy groups -OCH3 is 1. The van der Waals surface area contributed by atoms with Gasteiger partial charge < -0.3 is 24.3 Å². The van der Waals surface area contributed by atoms with Crippen molar-refractivity contribution in [1.82, 2.24) is 10.3 Å². The molecule has 0 unspecified atom stereocenters. The van der Waals surface area contributed by atoms with Gasteiger partial charge in [-0.3, -0.25) is 0 Å². The number of ether oxygens (including phenoxy) is 4. The van der Waals surface area contributed by atoms with E-state index >= 15 is 0 Å². The largest absolute Gasteiger partial charge is 0.493 e. The van der Waals surface area contributed by atoms with Gasteiger partial charge in [-0.2, -0.15) is 0 Å². The van der Waals surface area contributed by atoms with Crippen LogP contribution < -0.4 is 24.3 Å². The van der Waals surface area contributed by atoms with Crippen LogP contribution in [-0.4, -0.2) is 18.9 Å². The molecule has 4 rings (SSSR count). The van der Waals surface area contributed by atoms with E-state index in [0.29, 0.717) is 29.8 Å². The maximum absolute atomic E-state index is 5.87. The maximum atomic E-state index is 5.87. The van der Waals surface area contributed by atoms with E-state index in [0.717, 1.165) is 34.7 Å². The van der Waals surface area contributed by atoms with Gasteiger partial charge in [-0.1, -0.05) is 29.8 Å². The summed E-state index contributed by atoms with van der Waals surface area (Å²) >= 11 is 5.81. The van der Waals surface area contributed by atoms with Crippen LogP contribution in [0.3, 0.4) is 0 Å². The minimum atomic E-state index is 0.287. The van der Waals surface area contributed by atoms with E-state index in [1.807, 2.05) is 42.5 Å². The molecule has 6 nitrogen and oxygen atoms in total. The molecule has 0 saturated carbocycles. The molecule has 3 aromatic rings. The highest BCUT2D eigenvalue weighted by atomic mass is 35.5. The van der Waals surface area contributed by atoms with Crippen LogP contribution in [0.15, 0.2) is 54.7 Å². The Balaban J connectivity index is 1.33. The van der Waals surface area contributed by atoms with E-state index in [4.69, 9.17) is 30.5 Å². The zero-order valence-corrected chi connectivity index (χ0v) is 16.7. The first-order chi connectivity index (χ1) is 14.2. The average Bonchev–Trinajstić information content (AvgIpc) is 3.22. The van der Waals surface area contributed by atoms with E-state index in [1.54, 1.807) is 19.4 Å². The Hall–Kier alpha value is -2.96. The van der Waals surface area contributed by atoms with Gasteiger partial charge >= 0.3 is 0 Å². The molecule has 0 saturated heterocycles. The molecular formula is C22H21ClN2O4. The molecule has 0 aliphatic carbocycles. The Kier molecular flexibility index (Phi) is 6.03. The van der Waals surface area contributed by atoms with Crippen LogP contribution in [-0.2, 0) is 19.7 Å². The van der Waals surface area contributed by atoms with Crippen LogP contribution in [0.25, 0.3) is 0 Å². The molecule has 1 aliphatic heterocycles. The molecule has 7 heteroatoms. The van der Waals surface area contributed by atoms with Gasteiger partial charge in [-0.05, 0) is 41.5 Å². The summed E-state index contributed by atoms with van der Waals surface area (Å²) in [7, 11) is 1.63. The van der Waals surface area contributed by atoms with Crippen LogP contribution in [0, 0.1) is 0 Å². The van der Waals surface area contributed by atoms with Gasteiger partial charge in [0.15, 0.2) is 23.0 Å². The average molecular weight is 413 g/mol. The highest BCUT2D eigenvalue weighted by molar-refractivity contribution is 6.29. The third kappa shape index (κ3) is 4.91. The number of benzene rings is 2. The summed E-state index contributed by atoms with van der Waals surface area (Å²) in [6.07, 6.45) is 1.70. The van der Waals surface area contributed by atoms with Gasteiger partial charge in [0.25, 0.3) is 0 Å². The lowest BCUT2D eigenvalue weighted by Crippen LogP contribution is -2.12. The normalized spacial score (nSPS) is 12.1. The Morgan fingerprint density at radius 3 is 2.48 bits per heavy atom. The molecule has 0 bridgehead atoms. The number of rotatable bonds is 8. The summed E-state index contributed by atoms with van der Waals surface area (Å²) in [6.45, 7) is 2.10. The second-order valence-corrected chi connectivity index (χ2v) is 6.94. The molecule has 2 aromatic carbocycles. The lowest BCUT2D eigenvalue weighted by Gasteiger charge is -2.13. The van der Waals surface area contributed by atoms with E-state index in [1.165, 1.54) is 0 Å². The van der Waals surface area contributed by atoms with Crippen molar-refractivity contribution in [1.29, 1.82) is 0 Å². The Labute approximate surface area is 174 Å². The highest BCUT2D eigenvalue weighted by Crippen LogP contribution is 2.32. The van der Waals surface area contributed by atoms with E-state index < -0.39 is 0 Å². The zero-order chi connectivity index (χ0) is 20.1. The van der Waals surface area contributed by atoms with Crippen molar-refractivity contribution in [2.24, 2.45) is 0 Å². The highest BCUT2D eigenvalue weighted by Gasteiger charge is 2.13. The van der Waals surface area contributed by atoms with Crippen molar-refractivity contribution < 1.29 is 18.9 Å². The van der Waals surface area contributed by atoms with Crippen molar-refractivity contribution in [2.75, 3.05) is 13.9 Å². The minimum absolute atomic E-state index is 0.287. The molecule has 29 heavy (non-hydrogen) atoms. The standard InChI is InChI=1S/C22H21ClN2O4/c1-26-20-8-15(2-5-18(20)27-13-17-4-7-22(23)25-12-17)10-24-11-16-3-6-19-21(9-16)29-14-28-19/h2-9,12,24H,10-11,13-14H2,1H3. The van der Waals surface area contributed by atoms with Crippen LogP contribution in [0.5, 0.6) is 23.0 Å². The van der Waals surface area contributed by atoms with Crippen LogP contribution in [0.4, 0.5) is 0 Å². The van der Waals surface area contributed by atoms with Crippen LogP contribution in [0.2, 0.25) is 5.15 Å². The van der Waals surface area contributed by atoms with Gasteiger partial charge in [0.1, 0.15) is 11.8 Å². The van der Waals surface area contributed by atoms with E-state index in [2.05, 4.69) is 10.3 Å². The smallest absolute Gasteiger partial charge is 0.231 e. The molecule has 1 aliphatic rings. The molecule has 150 valence electrons. The first kappa shape index (κ1) is 19.4. The number of halogens is 1. The summed E-state index contributed by atoms with van der Waals surface area (Å²) < 4.78 is 22.1. The predicted molar refractivity (Wildman–Crippen MR) is 110 cm³/mol. The van der Waals surface area contributed by atoms with Crippen LogP contribution >= 0.6 is 11.6 Å². The molecule has 2 heterocycles. The third-order valence-corrected chi connectivity index (χ3v) is 4.73. The number of hydrogen-bond donors (Lipinski definition) is 1. The third-order valence-electron chi connectivity index (χ3n) is 4.51. The van der Waals surface area contributed by atoms with Crippen LogP contribution in [0.1, 0.15) is 16.7 Å². The molecule has 0 spiro atoms. The molecule has 0 amide bonds. The number of fused-ring (bicyclic) bond motifs is 1. The Bertz CT molecular complexity index is 979. The maximum Gasteiger partial charge on any atom is 0.231 e. The summed E-state index contributed by atoms with van der Waals surface area (Å²) in [5, 5.41) is 3.89. The van der Waals surface area contributed by atoms with Gasteiger partial charge in [-0.15, -0.1) is 0 Å². The number of hydrogen-bond acceptors (Lipinski definition) is 6. The number of pyridine rings is 1. The summed E-state index contributed by atoms with van der Waals surface area (Å²) in [6, 6.07) is 15.5. The molecule has 1 N–H and O–H groups in total. The zero-order valence-electron chi connectivity index (χ0n) is 16.0. The van der Waals surface area contributed by atoms with Gasteiger partial charge in [0.2, 0.25) is 6.79 Å². The van der Waals surface area contributed by atoms with Crippen molar-refractivity contribution in [3.8, 4) is 23.0 Å². The Morgan fingerprint density at radius 2 is 1.69 bits per heavy atom. The van der Waals surface area contributed by atoms with Crippen molar-refractivity contribution in [2.45, 2.75) is 19.7 Å². The fourth-order valence-corrected chi connectivity index (χ4v) is 3.11. The van der Waals surface area contributed by atoms with Crippen molar-refractivity contribution in [3.63, 3.8) is 0 Å². The second kappa shape index (κ2) is 9.03. The van der Waals surface area contributed by atoms with Crippen molar-refractivity contribution >= 4 is 11.6 Å². The summed E-state index contributed by atoms with van der Waals surface area (Å²) in [5.74, 6) is 2.96. The first-order valence-electron chi connectivity index (χ1n) is 9.20. The number of nitrogens with one attached hydrogen (secondary N) is 1. The minimum Gasteiger partial charge on any atom is -0.493 e. The lowest BCUT2D eigenvalue weighted by atomic mass is 10.1. The monoisotopic (exact) mass is 412 g/mol. The molecular weight excluding hydrogens is 392 g/mol. The fourth-order valence-electron chi connectivity index (χ4n) is 3.00. The SMILES string of the molecule is COc1cc(CNCc2ccc3c(c2)OCO3)ccc1OCc1ccc(Cl)nc1. The number of aromatic nitrogens is 1. The first-order valence-corrected chi connectivity index (χ1v) is 9.58. The summed E-state index contributed by atoms with van der Waals surface area (Å²) in [5.41, 5.74) is 3.17. The molecule has 0 atom stereocenters. The molecule has 0 radical (unpaired) electrons. The molecule has 1 aromatic heterocycles. The van der Waals surface area contributed by atoms with E-state index in [-0.39, 0.29) is 6.79 Å².